The van der Waals surface area contributed by atoms with E-state index < -0.39 is 0 Å². The van der Waals surface area contributed by atoms with Gasteiger partial charge in [0, 0.05) is 26.3 Å². The number of amides is 2. The van der Waals surface area contributed by atoms with Gasteiger partial charge in [0.05, 0.1) is 0 Å². The highest BCUT2D eigenvalue weighted by Gasteiger charge is 2.45. The Morgan fingerprint density at radius 2 is 2.00 bits per heavy atom. The lowest BCUT2D eigenvalue weighted by Crippen LogP contribution is -2.65. The molecule has 0 radical (unpaired) electrons. The topological polar surface area (TPSA) is 49.9 Å². The molecule has 2 aliphatic rings. The normalized spacial score (nSPS) is 26.9. The Hall–Kier alpha value is -1.10. The molecule has 114 valence electrons. The van der Waals surface area contributed by atoms with Crippen LogP contribution < -0.4 is 0 Å². The summed E-state index contributed by atoms with van der Waals surface area (Å²) >= 11 is 0. The number of hydrogen-bond acceptors (Lipinski definition) is 3. The maximum atomic E-state index is 12.6. The van der Waals surface area contributed by atoms with Crippen molar-refractivity contribution in [2.75, 3.05) is 26.3 Å². The van der Waals surface area contributed by atoms with Crippen LogP contribution in [0.1, 0.15) is 46.0 Å². The summed E-state index contributed by atoms with van der Waals surface area (Å²) in [5, 5.41) is 0. The van der Waals surface area contributed by atoms with Crippen LogP contribution in [0.15, 0.2) is 0 Å². The monoisotopic (exact) mass is 282 g/mol. The van der Waals surface area contributed by atoms with Gasteiger partial charge in [-0.05, 0) is 39.0 Å². The second kappa shape index (κ2) is 7.07. The summed E-state index contributed by atoms with van der Waals surface area (Å²) in [5.74, 6) is 0.292. The zero-order chi connectivity index (χ0) is 14.5. The van der Waals surface area contributed by atoms with Crippen LogP contribution >= 0.6 is 0 Å². The van der Waals surface area contributed by atoms with Crippen molar-refractivity contribution in [3.8, 4) is 0 Å². The van der Waals surface area contributed by atoms with E-state index in [4.69, 9.17) is 4.74 Å². The Balaban J connectivity index is 2.04. The van der Waals surface area contributed by atoms with Crippen molar-refractivity contribution in [3.63, 3.8) is 0 Å². The van der Waals surface area contributed by atoms with Crippen molar-refractivity contribution in [1.82, 2.24) is 9.80 Å². The quantitative estimate of drug-likeness (QED) is 0.692. The lowest BCUT2D eigenvalue weighted by Gasteiger charge is -2.46. The first-order chi connectivity index (χ1) is 9.70. The standard InChI is InChI=1S/C15H26N2O3/c1-3-12-14(18)17-9-6-5-8-13(17)15(19)16(12)10-7-11-20-4-2/h12-13H,3-11H2,1-2H3. The molecule has 2 atom stereocenters. The molecule has 0 aromatic carbocycles. The minimum absolute atomic E-state index is 0.146. The summed E-state index contributed by atoms with van der Waals surface area (Å²) in [4.78, 5) is 28.8. The average molecular weight is 282 g/mol. The first kappa shape index (κ1) is 15.3. The fraction of sp³-hybridized carbons (Fsp3) is 0.867. The molecular weight excluding hydrogens is 256 g/mol. The summed E-state index contributed by atoms with van der Waals surface area (Å²) in [5.41, 5.74) is 0. The predicted octanol–water partition coefficient (Wildman–Crippen LogP) is 1.41. The molecule has 2 unspecified atom stereocenters. The number of piperazine rings is 1. The maximum absolute atomic E-state index is 12.6. The molecule has 2 fully saturated rings. The molecule has 20 heavy (non-hydrogen) atoms. The Labute approximate surface area is 121 Å². The Bertz CT molecular complexity index is 359. The molecule has 0 bridgehead atoms. The molecule has 2 aliphatic heterocycles. The number of piperidine rings is 1. The molecule has 0 spiro atoms. The third kappa shape index (κ3) is 2.97. The van der Waals surface area contributed by atoms with E-state index in [0.717, 1.165) is 32.2 Å². The van der Waals surface area contributed by atoms with E-state index in [-0.39, 0.29) is 23.9 Å². The summed E-state index contributed by atoms with van der Waals surface area (Å²) < 4.78 is 5.33. The van der Waals surface area contributed by atoms with Gasteiger partial charge in [-0.1, -0.05) is 6.92 Å². The first-order valence-corrected chi connectivity index (χ1v) is 7.89. The van der Waals surface area contributed by atoms with Crippen LogP contribution in [0.3, 0.4) is 0 Å². The van der Waals surface area contributed by atoms with E-state index in [1.165, 1.54) is 0 Å². The fourth-order valence-corrected chi connectivity index (χ4v) is 3.26. The molecule has 0 aromatic heterocycles. The van der Waals surface area contributed by atoms with E-state index in [1.807, 2.05) is 18.7 Å². The highest BCUT2D eigenvalue weighted by Crippen LogP contribution is 2.27. The van der Waals surface area contributed by atoms with Gasteiger partial charge in [-0.2, -0.15) is 0 Å². The van der Waals surface area contributed by atoms with Gasteiger partial charge in [0.15, 0.2) is 0 Å². The summed E-state index contributed by atoms with van der Waals surface area (Å²) in [6.07, 6.45) is 4.39. The Kier molecular flexibility index (Phi) is 5.40. The van der Waals surface area contributed by atoms with E-state index in [2.05, 4.69) is 0 Å². The molecule has 0 N–H and O–H groups in total. The molecule has 2 saturated heterocycles. The maximum Gasteiger partial charge on any atom is 0.246 e. The molecule has 5 nitrogen and oxygen atoms in total. The largest absolute Gasteiger partial charge is 0.382 e. The van der Waals surface area contributed by atoms with Gasteiger partial charge in [-0.25, -0.2) is 0 Å². The molecule has 0 aliphatic carbocycles. The molecule has 2 rings (SSSR count). The summed E-state index contributed by atoms with van der Waals surface area (Å²) in [6.45, 7) is 6.67. The molecule has 5 heteroatoms. The van der Waals surface area contributed by atoms with Gasteiger partial charge in [0.2, 0.25) is 11.8 Å². The van der Waals surface area contributed by atoms with Crippen molar-refractivity contribution < 1.29 is 14.3 Å². The number of fused-ring (bicyclic) bond motifs is 1. The van der Waals surface area contributed by atoms with Crippen LogP contribution in [-0.2, 0) is 14.3 Å². The third-order valence-corrected chi connectivity index (χ3v) is 4.29. The average Bonchev–Trinajstić information content (AvgIpc) is 2.48. The molecule has 0 saturated carbocycles. The van der Waals surface area contributed by atoms with Crippen molar-refractivity contribution in [1.29, 1.82) is 0 Å². The molecule has 0 aromatic rings. The third-order valence-electron chi connectivity index (χ3n) is 4.29. The first-order valence-electron chi connectivity index (χ1n) is 7.89. The van der Waals surface area contributed by atoms with Crippen molar-refractivity contribution in [3.05, 3.63) is 0 Å². The van der Waals surface area contributed by atoms with Gasteiger partial charge in [-0.15, -0.1) is 0 Å². The number of carbonyl (C=O) groups excluding carboxylic acids is 2. The van der Waals surface area contributed by atoms with Crippen molar-refractivity contribution in [2.45, 2.75) is 58.0 Å². The second-order valence-electron chi connectivity index (χ2n) is 5.55. The summed E-state index contributed by atoms with van der Waals surface area (Å²) in [7, 11) is 0. The van der Waals surface area contributed by atoms with E-state index >= 15 is 0 Å². The number of ether oxygens (including phenoxy) is 1. The molecule has 2 heterocycles. The van der Waals surface area contributed by atoms with Gasteiger partial charge in [0.1, 0.15) is 12.1 Å². The van der Waals surface area contributed by atoms with Crippen molar-refractivity contribution in [2.24, 2.45) is 0 Å². The SMILES string of the molecule is CCOCCCN1C(=O)C2CCCCN2C(=O)C1CC. The smallest absolute Gasteiger partial charge is 0.246 e. The predicted molar refractivity (Wildman–Crippen MR) is 76.3 cm³/mol. The zero-order valence-corrected chi connectivity index (χ0v) is 12.6. The van der Waals surface area contributed by atoms with Gasteiger partial charge in [0.25, 0.3) is 0 Å². The highest BCUT2D eigenvalue weighted by molar-refractivity contribution is 5.97. The van der Waals surface area contributed by atoms with Crippen LogP contribution in [0.5, 0.6) is 0 Å². The van der Waals surface area contributed by atoms with Crippen molar-refractivity contribution >= 4 is 11.8 Å². The summed E-state index contributed by atoms with van der Waals surface area (Å²) in [6, 6.07) is -0.468. The Morgan fingerprint density at radius 1 is 1.20 bits per heavy atom. The highest BCUT2D eigenvalue weighted by atomic mass is 16.5. The molecular formula is C15H26N2O3. The zero-order valence-electron chi connectivity index (χ0n) is 12.6. The lowest BCUT2D eigenvalue weighted by molar-refractivity contribution is -0.164. The minimum Gasteiger partial charge on any atom is -0.382 e. The number of hydrogen-bond donors (Lipinski definition) is 0. The minimum atomic E-state index is -0.265. The van der Waals surface area contributed by atoms with Crippen LogP contribution in [0.25, 0.3) is 0 Å². The number of rotatable bonds is 6. The Morgan fingerprint density at radius 3 is 2.70 bits per heavy atom. The molecule has 2 amide bonds. The number of carbonyl (C=O) groups is 2. The van der Waals surface area contributed by atoms with Crippen LogP contribution in [0.2, 0.25) is 0 Å². The lowest BCUT2D eigenvalue weighted by atomic mass is 9.94. The van der Waals surface area contributed by atoms with Gasteiger partial charge >= 0.3 is 0 Å². The fourth-order valence-electron chi connectivity index (χ4n) is 3.26. The second-order valence-corrected chi connectivity index (χ2v) is 5.55. The van der Waals surface area contributed by atoms with E-state index in [0.29, 0.717) is 26.2 Å². The van der Waals surface area contributed by atoms with E-state index in [9.17, 15) is 9.59 Å². The van der Waals surface area contributed by atoms with Crippen LogP contribution in [0, 0.1) is 0 Å². The number of nitrogens with zero attached hydrogens (tertiary/aromatic N) is 2. The van der Waals surface area contributed by atoms with Crippen LogP contribution in [-0.4, -0.2) is 60.0 Å². The van der Waals surface area contributed by atoms with Crippen LogP contribution in [0.4, 0.5) is 0 Å². The van der Waals surface area contributed by atoms with E-state index in [1.54, 1.807) is 4.90 Å². The van der Waals surface area contributed by atoms with Gasteiger partial charge < -0.3 is 14.5 Å². The van der Waals surface area contributed by atoms with Gasteiger partial charge in [-0.3, -0.25) is 9.59 Å².